The summed E-state index contributed by atoms with van der Waals surface area (Å²) in [6.07, 6.45) is 0. The predicted octanol–water partition coefficient (Wildman–Crippen LogP) is 4.17. The molecule has 0 aliphatic carbocycles. The van der Waals surface area contributed by atoms with E-state index in [-0.39, 0.29) is 0 Å². The third-order valence-corrected chi connectivity index (χ3v) is 3.95. The molecule has 1 atom stereocenters. The lowest BCUT2D eigenvalue weighted by atomic mass is 10.00. The molecule has 0 amide bonds. The van der Waals surface area contributed by atoms with Gasteiger partial charge in [0.25, 0.3) is 0 Å². The molecule has 1 N–H and O–H groups in total. The molecule has 0 aliphatic rings. The van der Waals surface area contributed by atoms with E-state index in [0.29, 0.717) is 6.04 Å². The third kappa shape index (κ3) is 3.80. The quantitative estimate of drug-likeness (QED) is 0.868. The van der Waals surface area contributed by atoms with Crippen molar-refractivity contribution < 1.29 is 9.47 Å². The van der Waals surface area contributed by atoms with E-state index in [1.807, 2.05) is 12.1 Å². The first kappa shape index (κ1) is 16.4. The first-order valence-corrected chi connectivity index (χ1v) is 7.56. The maximum Gasteiger partial charge on any atom is 0.161 e. The summed E-state index contributed by atoms with van der Waals surface area (Å²) in [5.74, 6) is 1.52. The summed E-state index contributed by atoms with van der Waals surface area (Å²) < 4.78 is 10.6. The zero-order valence-corrected chi connectivity index (χ0v) is 14.1. The SMILES string of the molecule is COc1ccc(CNC(C)c2ccc(C)cc2C)cc1OC. The number of hydrogen-bond donors (Lipinski definition) is 1. The van der Waals surface area contributed by atoms with E-state index >= 15 is 0 Å². The minimum Gasteiger partial charge on any atom is -0.493 e. The van der Waals surface area contributed by atoms with E-state index in [2.05, 4.69) is 50.4 Å². The largest absolute Gasteiger partial charge is 0.493 e. The van der Waals surface area contributed by atoms with E-state index in [0.717, 1.165) is 18.0 Å². The van der Waals surface area contributed by atoms with Crippen molar-refractivity contribution in [2.45, 2.75) is 33.4 Å². The summed E-state index contributed by atoms with van der Waals surface area (Å²) in [6.45, 7) is 7.27. The molecule has 118 valence electrons. The summed E-state index contributed by atoms with van der Waals surface area (Å²) in [6, 6.07) is 12.9. The predicted molar refractivity (Wildman–Crippen MR) is 90.7 cm³/mol. The van der Waals surface area contributed by atoms with Crippen LogP contribution in [0, 0.1) is 13.8 Å². The van der Waals surface area contributed by atoms with Crippen molar-refractivity contribution in [2.75, 3.05) is 14.2 Å². The van der Waals surface area contributed by atoms with Crippen LogP contribution in [-0.4, -0.2) is 14.2 Å². The number of methoxy groups -OCH3 is 2. The van der Waals surface area contributed by atoms with Gasteiger partial charge in [-0.2, -0.15) is 0 Å². The van der Waals surface area contributed by atoms with Crippen LogP contribution in [-0.2, 0) is 6.54 Å². The highest BCUT2D eigenvalue weighted by Gasteiger charge is 2.09. The molecule has 1 unspecified atom stereocenters. The van der Waals surface area contributed by atoms with Crippen molar-refractivity contribution in [3.8, 4) is 11.5 Å². The van der Waals surface area contributed by atoms with Gasteiger partial charge in [0, 0.05) is 12.6 Å². The lowest BCUT2D eigenvalue weighted by Crippen LogP contribution is -2.19. The van der Waals surface area contributed by atoms with Gasteiger partial charge in [-0.05, 0) is 49.6 Å². The topological polar surface area (TPSA) is 30.5 Å². The zero-order chi connectivity index (χ0) is 16.1. The number of ether oxygens (including phenoxy) is 2. The Morgan fingerprint density at radius 1 is 0.955 bits per heavy atom. The second kappa shape index (κ2) is 7.32. The van der Waals surface area contributed by atoms with Crippen LogP contribution in [0.3, 0.4) is 0 Å². The van der Waals surface area contributed by atoms with Crippen LogP contribution in [0.15, 0.2) is 36.4 Å². The van der Waals surface area contributed by atoms with Crippen LogP contribution >= 0.6 is 0 Å². The maximum atomic E-state index is 5.35. The fourth-order valence-electron chi connectivity index (χ4n) is 2.68. The zero-order valence-electron chi connectivity index (χ0n) is 14.1. The number of benzene rings is 2. The molecule has 0 saturated carbocycles. The molecule has 0 saturated heterocycles. The van der Waals surface area contributed by atoms with Gasteiger partial charge in [0.15, 0.2) is 11.5 Å². The van der Waals surface area contributed by atoms with Crippen molar-refractivity contribution >= 4 is 0 Å². The summed E-state index contributed by atoms with van der Waals surface area (Å²) in [4.78, 5) is 0. The smallest absolute Gasteiger partial charge is 0.161 e. The molecule has 0 aliphatic heterocycles. The van der Waals surface area contributed by atoms with Gasteiger partial charge in [0.1, 0.15) is 0 Å². The van der Waals surface area contributed by atoms with Crippen LogP contribution in [0.5, 0.6) is 11.5 Å². The lowest BCUT2D eigenvalue weighted by molar-refractivity contribution is 0.354. The van der Waals surface area contributed by atoms with Gasteiger partial charge in [0.2, 0.25) is 0 Å². The number of hydrogen-bond acceptors (Lipinski definition) is 3. The molecule has 0 heterocycles. The molecule has 0 aromatic heterocycles. The molecule has 0 fully saturated rings. The normalized spacial score (nSPS) is 12.0. The van der Waals surface area contributed by atoms with Crippen LogP contribution < -0.4 is 14.8 Å². The van der Waals surface area contributed by atoms with Crippen LogP contribution in [0.25, 0.3) is 0 Å². The van der Waals surface area contributed by atoms with Crippen LogP contribution in [0.1, 0.15) is 35.2 Å². The van der Waals surface area contributed by atoms with Gasteiger partial charge >= 0.3 is 0 Å². The average molecular weight is 299 g/mol. The highest BCUT2D eigenvalue weighted by atomic mass is 16.5. The molecule has 0 spiro atoms. The molecule has 3 nitrogen and oxygen atoms in total. The molecule has 0 bridgehead atoms. The van der Waals surface area contributed by atoms with Crippen molar-refractivity contribution in [1.82, 2.24) is 5.32 Å². The molecule has 22 heavy (non-hydrogen) atoms. The molecule has 2 rings (SSSR count). The second-order valence-corrected chi connectivity index (χ2v) is 5.65. The fraction of sp³-hybridized carbons (Fsp3) is 0.368. The Balaban J connectivity index is 2.06. The Bertz CT molecular complexity index is 637. The summed E-state index contributed by atoms with van der Waals surface area (Å²) >= 11 is 0. The Labute approximate surface area is 133 Å². The lowest BCUT2D eigenvalue weighted by Gasteiger charge is -2.18. The minimum atomic E-state index is 0.300. The molecule has 3 heteroatoms. The standard InChI is InChI=1S/C19H25NO2/c1-13-6-8-17(14(2)10-13)15(3)20-12-16-7-9-18(21-4)19(11-16)22-5/h6-11,15,20H,12H2,1-5H3. The number of nitrogens with one attached hydrogen (secondary N) is 1. The van der Waals surface area contributed by atoms with Crippen LogP contribution in [0.4, 0.5) is 0 Å². The van der Waals surface area contributed by atoms with E-state index in [1.165, 1.54) is 22.3 Å². The Kier molecular flexibility index (Phi) is 5.45. The molecule has 2 aromatic rings. The molecular formula is C19H25NO2. The molecule has 2 aromatic carbocycles. The van der Waals surface area contributed by atoms with Gasteiger partial charge < -0.3 is 14.8 Å². The molecular weight excluding hydrogens is 274 g/mol. The van der Waals surface area contributed by atoms with Crippen molar-refractivity contribution in [1.29, 1.82) is 0 Å². The van der Waals surface area contributed by atoms with Crippen molar-refractivity contribution in [3.05, 3.63) is 58.7 Å². The van der Waals surface area contributed by atoms with Gasteiger partial charge in [-0.1, -0.05) is 29.8 Å². The van der Waals surface area contributed by atoms with Crippen LogP contribution in [0.2, 0.25) is 0 Å². The Morgan fingerprint density at radius 2 is 1.68 bits per heavy atom. The van der Waals surface area contributed by atoms with Gasteiger partial charge in [-0.15, -0.1) is 0 Å². The van der Waals surface area contributed by atoms with Crippen molar-refractivity contribution in [2.24, 2.45) is 0 Å². The van der Waals surface area contributed by atoms with E-state index in [4.69, 9.17) is 9.47 Å². The van der Waals surface area contributed by atoms with Gasteiger partial charge in [-0.25, -0.2) is 0 Å². The monoisotopic (exact) mass is 299 g/mol. The Hall–Kier alpha value is -2.00. The minimum absolute atomic E-state index is 0.300. The summed E-state index contributed by atoms with van der Waals surface area (Å²) in [5.41, 5.74) is 5.14. The van der Waals surface area contributed by atoms with E-state index in [1.54, 1.807) is 14.2 Å². The third-order valence-electron chi connectivity index (χ3n) is 3.95. The average Bonchev–Trinajstić information content (AvgIpc) is 2.52. The number of aryl methyl sites for hydroxylation is 2. The maximum absolute atomic E-state index is 5.35. The number of rotatable bonds is 6. The highest BCUT2D eigenvalue weighted by molar-refractivity contribution is 5.43. The first-order valence-electron chi connectivity index (χ1n) is 7.56. The van der Waals surface area contributed by atoms with E-state index in [9.17, 15) is 0 Å². The van der Waals surface area contributed by atoms with Gasteiger partial charge in [-0.3, -0.25) is 0 Å². The summed E-state index contributed by atoms with van der Waals surface area (Å²) in [5, 5.41) is 3.57. The fourth-order valence-corrected chi connectivity index (χ4v) is 2.68. The van der Waals surface area contributed by atoms with Crippen molar-refractivity contribution in [3.63, 3.8) is 0 Å². The Morgan fingerprint density at radius 3 is 2.32 bits per heavy atom. The molecule has 0 radical (unpaired) electrons. The van der Waals surface area contributed by atoms with Gasteiger partial charge in [0.05, 0.1) is 14.2 Å². The highest BCUT2D eigenvalue weighted by Crippen LogP contribution is 2.28. The summed E-state index contributed by atoms with van der Waals surface area (Å²) in [7, 11) is 3.31. The first-order chi connectivity index (χ1) is 10.5. The van der Waals surface area contributed by atoms with E-state index < -0.39 is 0 Å². The second-order valence-electron chi connectivity index (χ2n) is 5.65.